The first-order valence-corrected chi connectivity index (χ1v) is 7.69. The molecule has 8 heteroatoms. The Labute approximate surface area is 153 Å². The van der Waals surface area contributed by atoms with Gasteiger partial charge in [0.25, 0.3) is 11.8 Å². The van der Waals surface area contributed by atoms with Crippen LogP contribution in [0.4, 0.5) is 11.4 Å². The molecule has 0 fully saturated rings. The van der Waals surface area contributed by atoms with Crippen molar-refractivity contribution in [1.29, 1.82) is 5.26 Å². The second-order valence-electron chi connectivity index (χ2n) is 4.84. The molecule has 0 unspecified atom stereocenters. The van der Waals surface area contributed by atoms with Crippen molar-refractivity contribution in [2.45, 2.75) is 0 Å². The monoisotopic (exact) mass is 374 g/mol. The summed E-state index contributed by atoms with van der Waals surface area (Å²) in [5.41, 5.74) is 6.40. The first kappa shape index (κ1) is 18.3. The SMILES string of the molecule is N#C/C(=C/NC(=O)c1ccc(N)cc1)C(=O)Nc1ccc(Cl)cc1Cl. The lowest BCUT2D eigenvalue weighted by molar-refractivity contribution is -0.112. The van der Waals surface area contributed by atoms with Crippen molar-refractivity contribution in [3.05, 3.63) is 69.8 Å². The van der Waals surface area contributed by atoms with Gasteiger partial charge >= 0.3 is 0 Å². The quantitative estimate of drug-likeness (QED) is 0.433. The lowest BCUT2D eigenvalue weighted by atomic mass is 10.2. The first-order valence-electron chi connectivity index (χ1n) is 6.94. The van der Waals surface area contributed by atoms with E-state index in [2.05, 4.69) is 10.6 Å². The Kier molecular flexibility index (Phi) is 6.01. The number of amides is 2. The van der Waals surface area contributed by atoms with Gasteiger partial charge in [-0.25, -0.2) is 0 Å². The molecule has 126 valence electrons. The van der Waals surface area contributed by atoms with E-state index in [0.29, 0.717) is 22.0 Å². The van der Waals surface area contributed by atoms with Crippen LogP contribution in [0.2, 0.25) is 10.0 Å². The van der Waals surface area contributed by atoms with E-state index in [-0.39, 0.29) is 10.6 Å². The molecule has 2 aromatic carbocycles. The van der Waals surface area contributed by atoms with E-state index in [4.69, 9.17) is 34.2 Å². The molecule has 4 N–H and O–H groups in total. The highest BCUT2D eigenvalue weighted by atomic mass is 35.5. The molecule has 0 spiro atoms. The van der Waals surface area contributed by atoms with Gasteiger partial charge in [-0.2, -0.15) is 5.26 Å². The third kappa shape index (κ3) is 4.98. The summed E-state index contributed by atoms with van der Waals surface area (Å²) in [6, 6.07) is 12.4. The van der Waals surface area contributed by atoms with Gasteiger partial charge in [-0.05, 0) is 42.5 Å². The van der Waals surface area contributed by atoms with Crippen LogP contribution in [0.15, 0.2) is 54.2 Å². The fourth-order valence-corrected chi connectivity index (χ4v) is 2.24. The molecule has 0 aromatic heterocycles. The first-order chi connectivity index (χ1) is 11.9. The zero-order valence-electron chi connectivity index (χ0n) is 12.7. The third-order valence-electron chi connectivity index (χ3n) is 3.06. The fourth-order valence-electron chi connectivity index (χ4n) is 1.78. The van der Waals surface area contributed by atoms with E-state index in [9.17, 15) is 9.59 Å². The third-order valence-corrected chi connectivity index (χ3v) is 3.61. The van der Waals surface area contributed by atoms with Gasteiger partial charge in [0.15, 0.2) is 0 Å². The molecule has 0 heterocycles. The lowest BCUT2D eigenvalue weighted by Gasteiger charge is -2.07. The predicted octanol–water partition coefficient (Wildman–Crippen LogP) is 3.35. The topological polar surface area (TPSA) is 108 Å². The number of benzene rings is 2. The number of nitrogens with two attached hydrogens (primary N) is 1. The average molecular weight is 375 g/mol. The van der Waals surface area contributed by atoms with Crippen LogP contribution >= 0.6 is 23.2 Å². The smallest absolute Gasteiger partial charge is 0.267 e. The van der Waals surface area contributed by atoms with Crippen LogP contribution in [-0.4, -0.2) is 11.8 Å². The summed E-state index contributed by atoms with van der Waals surface area (Å²) in [6.45, 7) is 0. The van der Waals surface area contributed by atoms with E-state index in [1.165, 1.54) is 24.3 Å². The number of rotatable bonds is 4. The van der Waals surface area contributed by atoms with Crippen LogP contribution in [0.25, 0.3) is 0 Å². The zero-order chi connectivity index (χ0) is 18.4. The molecule has 25 heavy (non-hydrogen) atoms. The minimum Gasteiger partial charge on any atom is -0.399 e. The molecule has 2 aromatic rings. The number of carbonyl (C=O) groups excluding carboxylic acids is 2. The molecule has 0 atom stereocenters. The Morgan fingerprint density at radius 1 is 1.12 bits per heavy atom. The normalized spacial score (nSPS) is 10.7. The maximum atomic E-state index is 12.1. The number of anilines is 2. The largest absolute Gasteiger partial charge is 0.399 e. The highest BCUT2D eigenvalue weighted by molar-refractivity contribution is 6.36. The Balaban J connectivity index is 2.08. The number of hydrogen-bond acceptors (Lipinski definition) is 4. The van der Waals surface area contributed by atoms with Crippen LogP contribution < -0.4 is 16.4 Å². The van der Waals surface area contributed by atoms with E-state index in [1.807, 2.05) is 0 Å². The number of nitrogen functional groups attached to an aromatic ring is 1. The van der Waals surface area contributed by atoms with E-state index < -0.39 is 11.8 Å². The van der Waals surface area contributed by atoms with Crippen molar-refractivity contribution in [2.75, 3.05) is 11.1 Å². The maximum absolute atomic E-state index is 12.1. The minimum absolute atomic E-state index is 0.226. The van der Waals surface area contributed by atoms with Gasteiger partial charge in [0.1, 0.15) is 11.6 Å². The average Bonchev–Trinajstić information content (AvgIpc) is 2.58. The molecule has 2 rings (SSSR count). The number of hydrogen-bond donors (Lipinski definition) is 3. The Hall–Kier alpha value is -3.01. The summed E-state index contributed by atoms with van der Waals surface area (Å²) in [5.74, 6) is -1.20. The van der Waals surface area contributed by atoms with Gasteiger partial charge in [-0.1, -0.05) is 23.2 Å². The standard InChI is InChI=1S/C17H12Cl2N4O2/c18-12-3-6-15(14(19)7-12)23-17(25)11(8-20)9-22-16(24)10-1-4-13(21)5-2-10/h1-7,9H,21H2,(H,22,24)(H,23,25)/b11-9-. The number of halogens is 2. The number of carbonyl (C=O) groups is 2. The Morgan fingerprint density at radius 3 is 2.40 bits per heavy atom. The summed E-state index contributed by atoms with van der Waals surface area (Å²) in [5, 5.41) is 14.6. The Bertz CT molecular complexity index is 887. The molecule has 0 aliphatic carbocycles. The second-order valence-corrected chi connectivity index (χ2v) is 5.69. The van der Waals surface area contributed by atoms with Crippen LogP contribution in [0, 0.1) is 11.3 Å². The van der Waals surface area contributed by atoms with Gasteiger partial charge in [-0.3, -0.25) is 9.59 Å². The summed E-state index contributed by atoms with van der Waals surface area (Å²) >= 11 is 11.7. The zero-order valence-corrected chi connectivity index (χ0v) is 14.2. The second kappa shape index (κ2) is 8.20. The molecule has 0 aliphatic rings. The fraction of sp³-hybridized carbons (Fsp3) is 0. The molecule has 6 nitrogen and oxygen atoms in total. The lowest BCUT2D eigenvalue weighted by Crippen LogP contribution is -2.21. The van der Waals surface area contributed by atoms with E-state index >= 15 is 0 Å². The predicted molar refractivity (Wildman–Crippen MR) is 97.1 cm³/mol. The molecule has 0 bridgehead atoms. The number of nitrogens with zero attached hydrogens (tertiary/aromatic N) is 1. The Morgan fingerprint density at radius 2 is 1.80 bits per heavy atom. The van der Waals surface area contributed by atoms with Crippen molar-refractivity contribution >= 4 is 46.4 Å². The van der Waals surface area contributed by atoms with Crippen molar-refractivity contribution in [1.82, 2.24) is 5.32 Å². The van der Waals surface area contributed by atoms with Crippen molar-refractivity contribution < 1.29 is 9.59 Å². The van der Waals surface area contributed by atoms with Crippen LogP contribution in [0.5, 0.6) is 0 Å². The van der Waals surface area contributed by atoms with Crippen molar-refractivity contribution in [2.24, 2.45) is 0 Å². The summed E-state index contributed by atoms with van der Waals surface area (Å²) in [6.07, 6.45) is 1.03. The van der Waals surface area contributed by atoms with Gasteiger partial charge in [0.2, 0.25) is 0 Å². The number of nitrogens with one attached hydrogen (secondary N) is 2. The summed E-state index contributed by atoms with van der Waals surface area (Å²) in [7, 11) is 0. The number of nitriles is 1. The summed E-state index contributed by atoms with van der Waals surface area (Å²) < 4.78 is 0. The van der Waals surface area contributed by atoms with Crippen LogP contribution in [0.1, 0.15) is 10.4 Å². The summed E-state index contributed by atoms with van der Waals surface area (Å²) in [4.78, 5) is 24.1. The maximum Gasteiger partial charge on any atom is 0.267 e. The van der Waals surface area contributed by atoms with Crippen LogP contribution in [-0.2, 0) is 4.79 Å². The molecule has 0 saturated heterocycles. The van der Waals surface area contributed by atoms with E-state index in [1.54, 1.807) is 24.3 Å². The molecule has 0 radical (unpaired) electrons. The van der Waals surface area contributed by atoms with Crippen molar-refractivity contribution in [3.63, 3.8) is 0 Å². The molecule has 0 saturated carbocycles. The van der Waals surface area contributed by atoms with Crippen LogP contribution in [0.3, 0.4) is 0 Å². The van der Waals surface area contributed by atoms with Gasteiger partial charge in [0, 0.05) is 22.5 Å². The highest BCUT2D eigenvalue weighted by Crippen LogP contribution is 2.25. The molecular weight excluding hydrogens is 363 g/mol. The van der Waals surface area contributed by atoms with Gasteiger partial charge in [0.05, 0.1) is 10.7 Å². The molecule has 0 aliphatic heterocycles. The minimum atomic E-state index is -0.718. The van der Waals surface area contributed by atoms with Gasteiger partial charge < -0.3 is 16.4 Å². The highest BCUT2D eigenvalue weighted by Gasteiger charge is 2.12. The van der Waals surface area contributed by atoms with Gasteiger partial charge in [-0.15, -0.1) is 0 Å². The molecular formula is C17H12Cl2N4O2. The van der Waals surface area contributed by atoms with Crippen molar-refractivity contribution in [3.8, 4) is 6.07 Å². The van der Waals surface area contributed by atoms with E-state index in [0.717, 1.165) is 6.20 Å². The molecule has 2 amide bonds.